The Balaban J connectivity index is 1.30. The van der Waals surface area contributed by atoms with Crippen LogP contribution in [-0.4, -0.2) is 67.8 Å². The molecule has 3 aliphatic rings. The topological polar surface area (TPSA) is 116 Å². The van der Waals surface area contributed by atoms with Crippen LogP contribution in [0.15, 0.2) is 23.1 Å². The molecule has 2 saturated heterocycles. The molecule has 9 heteroatoms. The lowest BCUT2D eigenvalue weighted by Crippen LogP contribution is -2.53. The molecule has 184 valence electrons. The summed E-state index contributed by atoms with van der Waals surface area (Å²) in [7, 11) is 0. The molecule has 2 aromatic rings. The smallest absolute Gasteiger partial charge is 0.290 e. The van der Waals surface area contributed by atoms with E-state index in [1.807, 2.05) is 6.07 Å². The van der Waals surface area contributed by atoms with Crippen LogP contribution in [0.5, 0.6) is 0 Å². The summed E-state index contributed by atoms with van der Waals surface area (Å²) >= 11 is 0. The van der Waals surface area contributed by atoms with Gasteiger partial charge in [0.1, 0.15) is 5.69 Å². The average molecular weight is 478 g/mol. The van der Waals surface area contributed by atoms with Crippen molar-refractivity contribution >= 4 is 17.6 Å². The quantitative estimate of drug-likeness (QED) is 0.670. The number of amides is 2. The van der Waals surface area contributed by atoms with Crippen molar-refractivity contribution in [3.05, 3.63) is 56.8 Å². The second-order valence-corrected chi connectivity index (χ2v) is 10.9. The Morgan fingerprint density at radius 2 is 1.74 bits per heavy atom. The van der Waals surface area contributed by atoms with Crippen molar-refractivity contribution in [1.29, 1.82) is 0 Å². The summed E-state index contributed by atoms with van der Waals surface area (Å²) in [4.78, 5) is 58.4. The van der Waals surface area contributed by atoms with Crippen LogP contribution >= 0.6 is 0 Å². The highest BCUT2D eigenvalue weighted by Gasteiger charge is 2.49. The van der Waals surface area contributed by atoms with Gasteiger partial charge in [0.15, 0.2) is 0 Å². The zero-order valence-corrected chi connectivity index (χ0v) is 20.5. The number of fused-ring (bicyclic) bond motifs is 3. The van der Waals surface area contributed by atoms with Gasteiger partial charge in [-0.2, -0.15) is 5.10 Å². The van der Waals surface area contributed by atoms with E-state index in [0.717, 1.165) is 48.1 Å². The van der Waals surface area contributed by atoms with Crippen LogP contribution in [0.1, 0.15) is 72.9 Å². The largest absolute Gasteiger partial charge is 0.330 e. The molecule has 4 heterocycles. The predicted octanol–water partition coefficient (Wildman–Crippen LogP) is 1.67. The summed E-state index contributed by atoms with van der Waals surface area (Å²) < 4.78 is 0. The van der Waals surface area contributed by atoms with E-state index in [-0.39, 0.29) is 23.6 Å². The van der Waals surface area contributed by atoms with E-state index >= 15 is 0 Å². The molecule has 9 nitrogen and oxygen atoms in total. The number of hydrogen-bond donors (Lipinski definition) is 1. The molecule has 2 atom stereocenters. The van der Waals surface area contributed by atoms with Gasteiger partial charge in [-0.25, -0.2) is 5.10 Å². The second kappa shape index (κ2) is 8.70. The van der Waals surface area contributed by atoms with E-state index in [4.69, 9.17) is 0 Å². The molecule has 35 heavy (non-hydrogen) atoms. The van der Waals surface area contributed by atoms with Gasteiger partial charge in [0.2, 0.25) is 5.78 Å². The van der Waals surface area contributed by atoms with Crippen molar-refractivity contribution < 1.29 is 14.4 Å². The molecule has 0 saturated carbocycles. The van der Waals surface area contributed by atoms with Crippen LogP contribution in [-0.2, 0) is 28.9 Å². The number of aromatic nitrogens is 3. The molecule has 1 N–H and O–H groups in total. The zero-order valence-electron chi connectivity index (χ0n) is 20.5. The van der Waals surface area contributed by atoms with E-state index in [2.05, 4.69) is 15.2 Å². The van der Waals surface area contributed by atoms with Crippen LogP contribution in [0.2, 0.25) is 0 Å². The molecule has 2 amide bonds. The molecule has 0 unspecified atom stereocenters. The molecule has 1 aliphatic carbocycles. The van der Waals surface area contributed by atoms with Crippen LogP contribution in [0, 0.1) is 5.41 Å². The third kappa shape index (κ3) is 4.28. The highest BCUT2D eigenvalue weighted by Crippen LogP contribution is 2.33. The van der Waals surface area contributed by atoms with Gasteiger partial charge in [0.25, 0.3) is 17.4 Å². The number of aromatic amines is 1. The SMILES string of the molecule is CC(C)(C)C(=O)C(=O)N1C[C@@H]2C[C@@H]1CN2C(=O)c1cc(Cc2n[nH]c(=O)c3c2CCCC3)ccn1. The number of likely N-dealkylation sites (tertiary alicyclic amines) is 2. The van der Waals surface area contributed by atoms with Crippen LogP contribution in [0.3, 0.4) is 0 Å². The van der Waals surface area contributed by atoms with E-state index < -0.39 is 17.1 Å². The highest BCUT2D eigenvalue weighted by atomic mass is 16.2. The number of rotatable bonds is 4. The first-order chi connectivity index (χ1) is 16.6. The fourth-order valence-corrected chi connectivity index (χ4v) is 5.53. The van der Waals surface area contributed by atoms with E-state index in [1.165, 1.54) is 0 Å². The first kappa shape index (κ1) is 23.4. The number of nitrogens with zero attached hydrogens (tertiary/aromatic N) is 4. The van der Waals surface area contributed by atoms with Crippen molar-refractivity contribution in [2.45, 2.75) is 71.4 Å². The molecule has 2 aliphatic heterocycles. The molecule has 0 spiro atoms. The minimum absolute atomic E-state index is 0.102. The van der Waals surface area contributed by atoms with Gasteiger partial charge in [-0.1, -0.05) is 20.8 Å². The molecule has 2 fully saturated rings. The lowest BCUT2D eigenvalue weighted by molar-refractivity contribution is -0.150. The van der Waals surface area contributed by atoms with Gasteiger partial charge in [-0.3, -0.25) is 24.2 Å². The van der Waals surface area contributed by atoms with Crippen LogP contribution in [0.4, 0.5) is 0 Å². The fraction of sp³-hybridized carbons (Fsp3) is 0.538. The predicted molar refractivity (Wildman–Crippen MR) is 128 cm³/mol. The van der Waals surface area contributed by atoms with Gasteiger partial charge in [0, 0.05) is 36.7 Å². The van der Waals surface area contributed by atoms with Crippen LogP contribution < -0.4 is 5.56 Å². The number of carbonyl (C=O) groups is 3. The van der Waals surface area contributed by atoms with Crippen molar-refractivity contribution in [3.8, 4) is 0 Å². The molecule has 0 radical (unpaired) electrons. The third-order valence-electron chi connectivity index (χ3n) is 7.44. The monoisotopic (exact) mass is 477 g/mol. The maximum atomic E-state index is 13.3. The Morgan fingerprint density at radius 3 is 2.43 bits per heavy atom. The number of hydrogen-bond acceptors (Lipinski definition) is 6. The highest BCUT2D eigenvalue weighted by molar-refractivity contribution is 6.38. The maximum absolute atomic E-state index is 13.3. The number of pyridine rings is 1. The number of ketones is 1. The molecule has 0 aromatic carbocycles. The lowest BCUT2D eigenvalue weighted by atomic mass is 9.90. The van der Waals surface area contributed by atoms with Gasteiger partial charge >= 0.3 is 0 Å². The molecule has 2 bridgehead atoms. The van der Waals surface area contributed by atoms with E-state index in [9.17, 15) is 19.2 Å². The minimum atomic E-state index is -0.724. The summed E-state index contributed by atoms with van der Waals surface area (Å²) in [5.74, 6) is -1.01. The Hall–Kier alpha value is -3.36. The summed E-state index contributed by atoms with van der Waals surface area (Å²) in [6.07, 6.45) is 6.52. The fourth-order valence-electron chi connectivity index (χ4n) is 5.53. The Bertz CT molecular complexity index is 1260. The standard InChI is InChI=1S/C26H31N5O4/c1-26(2,3)22(32)25(35)31-14-16-12-17(31)13-30(16)24(34)21-11-15(8-9-27-21)10-20-18-6-4-5-7-19(18)23(33)29-28-20/h8-9,11,16-17H,4-7,10,12-14H2,1-3H3,(H,29,33)/t16-,17+/m0/s1. The van der Waals surface area contributed by atoms with E-state index in [0.29, 0.717) is 31.6 Å². The number of Topliss-reactive ketones (excluding diaryl/α,β-unsaturated/α-hetero) is 1. The third-order valence-corrected chi connectivity index (χ3v) is 7.44. The molecular formula is C26H31N5O4. The number of H-pyrrole nitrogens is 1. The molecular weight excluding hydrogens is 446 g/mol. The first-order valence-corrected chi connectivity index (χ1v) is 12.3. The van der Waals surface area contributed by atoms with Gasteiger partial charge in [0.05, 0.1) is 17.8 Å². The van der Waals surface area contributed by atoms with Crippen molar-refractivity contribution in [3.63, 3.8) is 0 Å². The Labute approximate surface area is 203 Å². The van der Waals surface area contributed by atoms with Crippen molar-refractivity contribution in [2.75, 3.05) is 13.1 Å². The van der Waals surface area contributed by atoms with Gasteiger partial charge in [-0.15, -0.1) is 0 Å². The number of nitrogens with one attached hydrogen (secondary N) is 1. The lowest BCUT2D eigenvalue weighted by Gasteiger charge is -2.34. The van der Waals surface area contributed by atoms with E-state index in [1.54, 1.807) is 42.8 Å². The Morgan fingerprint density at radius 1 is 1.06 bits per heavy atom. The maximum Gasteiger partial charge on any atom is 0.290 e. The van der Waals surface area contributed by atoms with Crippen molar-refractivity contribution in [1.82, 2.24) is 25.0 Å². The number of piperazine rings is 1. The van der Waals surface area contributed by atoms with Crippen molar-refractivity contribution in [2.24, 2.45) is 5.41 Å². The average Bonchev–Trinajstić information content (AvgIpc) is 3.45. The molecule has 5 rings (SSSR count). The first-order valence-electron chi connectivity index (χ1n) is 12.3. The normalized spacial score (nSPS) is 21.2. The summed E-state index contributed by atoms with van der Waals surface area (Å²) in [5.41, 5.74) is 3.17. The zero-order chi connectivity index (χ0) is 24.9. The molecule has 2 aromatic heterocycles. The van der Waals surface area contributed by atoms with Crippen LogP contribution in [0.25, 0.3) is 0 Å². The van der Waals surface area contributed by atoms with Gasteiger partial charge in [-0.05, 0) is 55.4 Å². The summed E-state index contributed by atoms with van der Waals surface area (Å²) in [5, 5.41) is 6.93. The minimum Gasteiger partial charge on any atom is -0.330 e. The second-order valence-electron chi connectivity index (χ2n) is 10.9. The number of carbonyl (C=O) groups excluding carboxylic acids is 3. The summed E-state index contributed by atoms with van der Waals surface area (Å²) in [6.45, 7) is 6.02. The van der Waals surface area contributed by atoms with Gasteiger partial charge < -0.3 is 9.80 Å². The summed E-state index contributed by atoms with van der Waals surface area (Å²) in [6, 6.07) is 3.42. The Kier molecular flexibility index (Phi) is 5.81.